The molecule has 1 saturated heterocycles. The van der Waals surface area contributed by atoms with E-state index < -0.39 is 0 Å². The molecule has 2 heterocycles. The second-order valence-electron chi connectivity index (χ2n) is 5.59. The molecule has 0 saturated carbocycles. The molecule has 1 fully saturated rings. The maximum Gasteiger partial charge on any atom is 0.257 e. The molecule has 0 atom stereocenters. The number of rotatable bonds is 3. The maximum absolute atomic E-state index is 12.6. The molecule has 1 aromatic heterocycles. The van der Waals surface area contributed by atoms with Crippen molar-refractivity contribution >= 4 is 21.8 Å². The van der Waals surface area contributed by atoms with Crippen molar-refractivity contribution in [2.75, 3.05) is 26.2 Å². The highest BCUT2D eigenvalue weighted by atomic mass is 79.9. The van der Waals surface area contributed by atoms with Gasteiger partial charge in [0.05, 0.1) is 5.56 Å². The van der Waals surface area contributed by atoms with Crippen LogP contribution < -0.4 is 0 Å². The number of benzene rings is 1. The van der Waals surface area contributed by atoms with Gasteiger partial charge in [0.25, 0.3) is 5.91 Å². The largest absolute Gasteiger partial charge is 0.507 e. The molecule has 0 bridgehead atoms. The minimum absolute atomic E-state index is 0.0254. The molecule has 1 N–H and O–H groups in total. The minimum atomic E-state index is -0.118. The number of carbonyl (C=O) groups excluding carboxylic acids is 1. The summed E-state index contributed by atoms with van der Waals surface area (Å²) in [6.07, 6.45) is 3.59. The molecule has 0 spiro atoms. The number of phenolic OH excluding ortho intramolecular Hbond substituents is 1. The predicted octanol–water partition coefficient (Wildman–Crippen LogP) is 2.51. The van der Waals surface area contributed by atoms with Gasteiger partial charge in [-0.1, -0.05) is 15.9 Å². The van der Waals surface area contributed by atoms with Crippen LogP contribution in [0.15, 0.2) is 47.2 Å². The average Bonchev–Trinajstić information content (AvgIpc) is 2.58. The Kier molecular flexibility index (Phi) is 4.93. The van der Waals surface area contributed by atoms with Gasteiger partial charge in [-0.25, -0.2) is 0 Å². The lowest BCUT2D eigenvalue weighted by Gasteiger charge is -2.34. The van der Waals surface area contributed by atoms with Crippen molar-refractivity contribution in [2.45, 2.75) is 6.54 Å². The summed E-state index contributed by atoms with van der Waals surface area (Å²) in [5.74, 6) is -0.0928. The maximum atomic E-state index is 12.6. The summed E-state index contributed by atoms with van der Waals surface area (Å²) in [6, 6.07) is 8.95. The predicted molar refractivity (Wildman–Crippen MR) is 91.2 cm³/mol. The molecule has 120 valence electrons. The topological polar surface area (TPSA) is 56.7 Å². The van der Waals surface area contributed by atoms with Gasteiger partial charge in [-0.05, 0) is 35.9 Å². The Hall–Kier alpha value is -1.92. The van der Waals surface area contributed by atoms with Crippen LogP contribution in [0, 0.1) is 0 Å². The number of piperazine rings is 1. The number of aromatic nitrogens is 1. The zero-order chi connectivity index (χ0) is 16.2. The number of amides is 1. The number of hydrogen-bond acceptors (Lipinski definition) is 4. The molecule has 6 heteroatoms. The number of hydrogen-bond donors (Lipinski definition) is 1. The van der Waals surface area contributed by atoms with Crippen molar-refractivity contribution < 1.29 is 9.90 Å². The van der Waals surface area contributed by atoms with Crippen LogP contribution in [0.1, 0.15) is 15.9 Å². The summed E-state index contributed by atoms with van der Waals surface area (Å²) >= 11 is 3.34. The lowest BCUT2D eigenvalue weighted by molar-refractivity contribution is 0.0625. The van der Waals surface area contributed by atoms with Gasteiger partial charge in [0.15, 0.2) is 0 Å². The Labute approximate surface area is 143 Å². The number of phenols is 1. The molecule has 23 heavy (non-hydrogen) atoms. The zero-order valence-electron chi connectivity index (χ0n) is 12.7. The number of carbonyl (C=O) groups is 1. The number of aromatic hydroxyl groups is 1. The van der Waals surface area contributed by atoms with E-state index in [-0.39, 0.29) is 11.7 Å². The van der Waals surface area contributed by atoms with Crippen LogP contribution in [-0.2, 0) is 6.54 Å². The van der Waals surface area contributed by atoms with Crippen LogP contribution in [0.4, 0.5) is 0 Å². The van der Waals surface area contributed by atoms with Crippen molar-refractivity contribution in [3.8, 4) is 5.75 Å². The average molecular weight is 376 g/mol. The highest BCUT2D eigenvalue weighted by Gasteiger charge is 2.24. The normalized spacial score (nSPS) is 15.6. The SMILES string of the molecule is O=C(c1cc(Br)ccc1O)N1CCN(Cc2ccncc2)CC1. The van der Waals surface area contributed by atoms with Gasteiger partial charge in [0, 0.05) is 49.6 Å². The summed E-state index contributed by atoms with van der Waals surface area (Å²) in [4.78, 5) is 20.7. The third-order valence-electron chi connectivity index (χ3n) is 4.00. The Morgan fingerprint density at radius 3 is 2.52 bits per heavy atom. The summed E-state index contributed by atoms with van der Waals surface area (Å²) < 4.78 is 0.787. The molecule has 0 radical (unpaired) electrons. The quantitative estimate of drug-likeness (QED) is 0.895. The van der Waals surface area contributed by atoms with Crippen molar-refractivity contribution in [1.29, 1.82) is 0 Å². The number of nitrogens with zero attached hydrogens (tertiary/aromatic N) is 3. The van der Waals surface area contributed by atoms with E-state index in [2.05, 4.69) is 25.8 Å². The first kappa shape index (κ1) is 16.0. The van der Waals surface area contributed by atoms with E-state index in [1.54, 1.807) is 29.4 Å². The molecule has 1 amide bonds. The fourth-order valence-electron chi connectivity index (χ4n) is 2.71. The fraction of sp³-hybridized carbons (Fsp3) is 0.294. The number of halogens is 1. The van der Waals surface area contributed by atoms with E-state index in [1.165, 1.54) is 11.6 Å². The third-order valence-corrected chi connectivity index (χ3v) is 4.50. The fourth-order valence-corrected chi connectivity index (χ4v) is 3.07. The first-order valence-corrected chi connectivity index (χ1v) is 8.32. The summed E-state index contributed by atoms with van der Waals surface area (Å²) in [5, 5.41) is 9.90. The summed E-state index contributed by atoms with van der Waals surface area (Å²) in [6.45, 7) is 3.84. The molecule has 5 nitrogen and oxygen atoms in total. The van der Waals surface area contributed by atoms with Crippen LogP contribution in [-0.4, -0.2) is 52.0 Å². The first-order chi connectivity index (χ1) is 11.1. The highest BCUT2D eigenvalue weighted by Crippen LogP contribution is 2.24. The molecule has 1 aromatic carbocycles. The summed E-state index contributed by atoms with van der Waals surface area (Å²) in [5.41, 5.74) is 1.58. The van der Waals surface area contributed by atoms with E-state index in [0.29, 0.717) is 18.7 Å². The molecular weight excluding hydrogens is 358 g/mol. The van der Waals surface area contributed by atoms with Crippen molar-refractivity contribution in [3.63, 3.8) is 0 Å². The van der Waals surface area contributed by atoms with E-state index in [1.807, 2.05) is 12.1 Å². The standard InChI is InChI=1S/C17H18BrN3O2/c18-14-1-2-16(22)15(11-14)17(23)21-9-7-20(8-10-21)12-13-3-5-19-6-4-13/h1-6,11,22H,7-10,12H2. The molecule has 1 aliphatic rings. The van der Waals surface area contributed by atoms with Crippen LogP contribution in [0.2, 0.25) is 0 Å². The van der Waals surface area contributed by atoms with E-state index in [9.17, 15) is 9.90 Å². The minimum Gasteiger partial charge on any atom is -0.507 e. The Morgan fingerprint density at radius 1 is 1.13 bits per heavy atom. The van der Waals surface area contributed by atoms with Crippen molar-refractivity contribution in [3.05, 3.63) is 58.3 Å². The Morgan fingerprint density at radius 2 is 1.83 bits per heavy atom. The third kappa shape index (κ3) is 3.89. The second-order valence-corrected chi connectivity index (χ2v) is 6.50. The van der Waals surface area contributed by atoms with Gasteiger partial charge < -0.3 is 10.0 Å². The second kappa shape index (κ2) is 7.10. The van der Waals surface area contributed by atoms with Gasteiger partial charge in [0.2, 0.25) is 0 Å². The van der Waals surface area contributed by atoms with Crippen LogP contribution in [0.5, 0.6) is 5.75 Å². The van der Waals surface area contributed by atoms with E-state index in [0.717, 1.165) is 24.1 Å². The molecule has 0 aliphatic carbocycles. The highest BCUT2D eigenvalue weighted by molar-refractivity contribution is 9.10. The Balaban J connectivity index is 1.60. The lowest BCUT2D eigenvalue weighted by Crippen LogP contribution is -2.48. The molecule has 2 aromatic rings. The molecule has 1 aliphatic heterocycles. The lowest BCUT2D eigenvalue weighted by atomic mass is 10.1. The monoisotopic (exact) mass is 375 g/mol. The molecule has 3 rings (SSSR count). The van der Waals surface area contributed by atoms with Crippen molar-refractivity contribution in [1.82, 2.24) is 14.8 Å². The van der Waals surface area contributed by atoms with Crippen LogP contribution >= 0.6 is 15.9 Å². The molecular formula is C17H18BrN3O2. The van der Waals surface area contributed by atoms with E-state index >= 15 is 0 Å². The first-order valence-electron chi connectivity index (χ1n) is 7.52. The van der Waals surface area contributed by atoms with Gasteiger partial charge in [0.1, 0.15) is 5.75 Å². The van der Waals surface area contributed by atoms with Crippen molar-refractivity contribution in [2.24, 2.45) is 0 Å². The Bertz CT molecular complexity index is 685. The molecule has 0 unspecified atom stereocenters. The van der Waals surface area contributed by atoms with Gasteiger partial charge in [-0.3, -0.25) is 14.7 Å². The van der Waals surface area contributed by atoms with Gasteiger partial charge >= 0.3 is 0 Å². The van der Waals surface area contributed by atoms with Crippen LogP contribution in [0.3, 0.4) is 0 Å². The van der Waals surface area contributed by atoms with Gasteiger partial charge in [-0.15, -0.1) is 0 Å². The zero-order valence-corrected chi connectivity index (χ0v) is 14.2. The van der Waals surface area contributed by atoms with Gasteiger partial charge in [-0.2, -0.15) is 0 Å². The smallest absolute Gasteiger partial charge is 0.257 e. The summed E-state index contributed by atoms with van der Waals surface area (Å²) in [7, 11) is 0. The number of pyridine rings is 1. The van der Waals surface area contributed by atoms with E-state index in [4.69, 9.17) is 0 Å². The van der Waals surface area contributed by atoms with Crippen LogP contribution in [0.25, 0.3) is 0 Å².